The van der Waals surface area contributed by atoms with E-state index < -0.39 is 8.32 Å². The molecule has 0 aromatic rings. The zero-order chi connectivity index (χ0) is 10.2. The van der Waals surface area contributed by atoms with Gasteiger partial charge in [-0.05, 0) is 18.1 Å². The summed E-state index contributed by atoms with van der Waals surface area (Å²) < 4.78 is 5.76. The van der Waals surface area contributed by atoms with E-state index in [0.29, 0.717) is 0 Å². The van der Waals surface area contributed by atoms with E-state index in [1.807, 2.05) is 7.11 Å². The minimum absolute atomic E-state index is 1.27. The summed E-state index contributed by atoms with van der Waals surface area (Å²) in [6.07, 6.45) is 5.51. The molecule has 13 heavy (non-hydrogen) atoms. The Morgan fingerprint density at radius 1 is 0.923 bits per heavy atom. The van der Waals surface area contributed by atoms with Crippen molar-refractivity contribution < 1.29 is 4.43 Å². The molecule has 0 saturated heterocycles. The molecule has 0 aliphatic heterocycles. The van der Waals surface area contributed by atoms with E-state index in [4.69, 9.17) is 4.43 Å². The summed E-state index contributed by atoms with van der Waals surface area (Å²) in [5.41, 5.74) is 0. The summed E-state index contributed by atoms with van der Waals surface area (Å²) in [4.78, 5) is 0. The Labute approximate surface area is 85.0 Å². The summed E-state index contributed by atoms with van der Waals surface area (Å²) in [5.74, 6) is 0. The Kier molecular flexibility index (Phi) is 7.67. The Hall–Kier alpha value is 0.177. The highest BCUT2D eigenvalue weighted by atomic mass is 28.4. The van der Waals surface area contributed by atoms with Crippen LogP contribution in [0.3, 0.4) is 0 Å². The van der Waals surface area contributed by atoms with E-state index >= 15 is 0 Å². The Balaban J connectivity index is 3.68. The van der Waals surface area contributed by atoms with Crippen molar-refractivity contribution in [1.29, 1.82) is 0 Å². The maximum Gasteiger partial charge on any atom is 0.191 e. The molecule has 0 aliphatic carbocycles. The predicted octanol–water partition coefficient (Wildman–Crippen LogP) is 4.20. The highest BCUT2D eigenvalue weighted by Gasteiger charge is 2.28. The van der Waals surface area contributed by atoms with Gasteiger partial charge in [0.15, 0.2) is 8.32 Å². The number of hydrogen-bond acceptors (Lipinski definition) is 1. The second-order valence-electron chi connectivity index (χ2n) is 3.90. The van der Waals surface area contributed by atoms with E-state index in [1.54, 1.807) is 0 Å². The van der Waals surface area contributed by atoms with Gasteiger partial charge in [0.2, 0.25) is 0 Å². The van der Waals surface area contributed by atoms with Crippen molar-refractivity contribution in [3.05, 3.63) is 0 Å². The average Bonchev–Trinajstić information content (AvgIpc) is 2.20. The van der Waals surface area contributed by atoms with Crippen LogP contribution in [0.4, 0.5) is 0 Å². The van der Waals surface area contributed by atoms with Crippen molar-refractivity contribution in [2.75, 3.05) is 7.11 Å². The minimum Gasteiger partial charge on any atom is -0.420 e. The molecule has 2 heteroatoms. The molecule has 0 aromatic heterocycles. The Morgan fingerprint density at radius 3 is 1.92 bits per heavy atom. The molecule has 0 radical (unpaired) electrons. The highest BCUT2D eigenvalue weighted by molar-refractivity contribution is 6.73. The van der Waals surface area contributed by atoms with E-state index in [-0.39, 0.29) is 0 Å². The molecule has 0 aromatic carbocycles. The largest absolute Gasteiger partial charge is 0.420 e. The van der Waals surface area contributed by atoms with Crippen LogP contribution in [0.5, 0.6) is 0 Å². The molecule has 80 valence electrons. The van der Waals surface area contributed by atoms with Crippen LogP contribution in [0.2, 0.25) is 18.1 Å². The fourth-order valence-electron chi connectivity index (χ4n) is 1.87. The van der Waals surface area contributed by atoms with Gasteiger partial charge in [-0.3, -0.25) is 0 Å². The summed E-state index contributed by atoms with van der Waals surface area (Å²) in [5, 5.41) is 0. The zero-order valence-corrected chi connectivity index (χ0v) is 10.9. The normalized spacial score (nSPS) is 12.0. The van der Waals surface area contributed by atoms with Crippen LogP contribution in [0.15, 0.2) is 0 Å². The third-order valence-electron chi connectivity index (χ3n) is 3.21. The van der Waals surface area contributed by atoms with Gasteiger partial charge in [0.1, 0.15) is 0 Å². The van der Waals surface area contributed by atoms with Gasteiger partial charge < -0.3 is 4.43 Å². The summed E-state index contributed by atoms with van der Waals surface area (Å²) in [6.45, 7) is 6.85. The smallest absolute Gasteiger partial charge is 0.191 e. The zero-order valence-electron chi connectivity index (χ0n) is 9.86. The molecule has 1 nitrogen and oxygen atoms in total. The van der Waals surface area contributed by atoms with Crippen molar-refractivity contribution in [3.63, 3.8) is 0 Å². The first-order valence-electron chi connectivity index (χ1n) is 5.79. The van der Waals surface area contributed by atoms with E-state index in [1.165, 1.54) is 43.8 Å². The quantitative estimate of drug-likeness (QED) is 0.423. The van der Waals surface area contributed by atoms with Gasteiger partial charge in [-0.2, -0.15) is 0 Å². The highest BCUT2D eigenvalue weighted by Crippen LogP contribution is 2.24. The van der Waals surface area contributed by atoms with Gasteiger partial charge >= 0.3 is 0 Å². The second kappa shape index (κ2) is 7.57. The van der Waals surface area contributed by atoms with Crippen molar-refractivity contribution >= 4 is 8.32 Å². The molecule has 0 amide bonds. The van der Waals surface area contributed by atoms with Gasteiger partial charge in [0.25, 0.3) is 0 Å². The van der Waals surface area contributed by atoms with E-state index in [0.717, 1.165) is 0 Å². The van der Waals surface area contributed by atoms with Crippen molar-refractivity contribution in [3.8, 4) is 0 Å². The maximum absolute atomic E-state index is 5.76. The van der Waals surface area contributed by atoms with Crippen LogP contribution in [-0.2, 0) is 4.43 Å². The van der Waals surface area contributed by atoms with Crippen molar-refractivity contribution in [1.82, 2.24) is 0 Å². The molecule has 0 aliphatic rings. The molecule has 0 N–H and O–H groups in total. The molecular weight excluding hydrogens is 176 g/mol. The van der Waals surface area contributed by atoms with E-state index in [2.05, 4.69) is 20.8 Å². The number of unbranched alkanes of at least 4 members (excludes halogenated alkanes) is 3. The lowest BCUT2D eigenvalue weighted by molar-refractivity contribution is 0.389. The van der Waals surface area contributed by atoms with Gasteiger partial charge in [-0.1, -0.05) is 46.5 Å². The fraction of sp³-hybridized carbons (Fsp3) is 1.00. The van der Waals surface area contributed by atoms with Crippen molar-refractivity contribution in [2.45, 2.75) is 64.6 Å². The summed E-state index contributed by atoms with van der Waals surface area (Å²) in [7, 11) is 0.648. The van der Waals surface area contributed by atoms with Gasteiger partial charge in [-0.15, -0.1) is 0 Å². The average molecular weight is 202 g/mol. The molecule has 0 fully saturated rings. The van der Waals surface area contributed by atoms with Crippen LogP contribution in [0.25, 0.3) is 0 Å². The number of rotatable bonds is 8. The topological polar surface area (TPSA) is 9.23 Å². The van der Waals surface area contributed by atoms with E-state index in [9.17, 15) is 0 Å². The molecule has 0 unspecified atom stereocenters. The lowest BCUT2D eigenvalue weighted by Crippen LogP contribution is -2.34. The van der Waals surface area contributed by atoms with Gasteiger partial charge in [-0.25, -0.2) is 0 Å². The van der Waals surface area contributed by atoms with Crippen molar-refractivity contribution in [2.24, 2.45) is 0 Å². The standard InChI is InChI=1S/C11H26OSi/c1-5-8-9-10-11-13(6-2,7-3)12-4/h5-11H2,1-4H3. The number of hydrogen-bond donors (Lipinski definition) is 0. The molecule has 0 spiro atoms. The Bertz CT molecular complexity index is 102. The van der Waals surface area contributed by atoms with Crippen LogP contribution >= 0.6 is 0 Å². The third kappa shape index (κ3) is 4.82. The lowest BCUT2D eigenvalue weighted by atomic mass is 10.2. The molecule has 0 rings (SSSR count). The van der Waals surface area contributed by atoms with Crippen LogP contribution in [0.1, 0.15) is 46.5 Å². The maximum atomic E-state index is 5.76. The minimum atomic E-state index is -1.27. The second-order valence-corrected chi connectivity index (χ2v) is 8.59. The first-order chi connectivity index (χ1) is 6.24. The summed E-state index contributed by atoms with van der Waals surface area (Å²) in [6, 6.07) is 3.94. The predicted molar refractivity (Wildman–Crippen MR) is 62.7 cm³/mol. The third-order valence-corrected chi connectivity index (χ3v) is 7.92. The van der Waals surface area contributed by atoms with Gasteiger partial charge in [0.05, 0.1) is 0 Å². The van der Waals surface area contributed by atoms with Crippen LogP contribution in [0, 0.1) is 0 Å². The molecule has 0 heterocycles. The Morgan fingerprint density at radius 2 is 1.54 bits per heavy atom. The molecule has 0 atom stereocenters. The molecule has 0 bridgehead atoms. The SMILES string of the molecule is CCCCCC[Si](CC)(CC)OC. The molecule has 0 saturated carbocycles. The monoisotopic (exact) mass is 202 g/mol. The lowest BCUT2D eigenvalue weighted by Gasteiger charge is -2.27. The fourth-order valence-corrected chi connectivity index (χ4v) is 4.75. The summed E-state index contributed by atoms with van der Waals surface area (Å²) >= 11 is 0. The molecular formula is C11H26OSi. The van der Waals surface area contributed by atoms with Gasteiger partial charge in [0, 0.05) is 7.11 Å². The van der Waals surface area contributed by atoms with Crippen LogP contribution < -0.4 is 0 Å². The first kappa shape index (κ1) is 13.2. The first-order valence-corrected chi connectivity index (χ1v) is 8.32. The van der Waals surface area contributed by atoms with Crippen LogP contribution in [-0.4, -0.2) is 15.4 Å².